The molecule has 0 radical (unpaired) electrons. The summed E-state index contributed by atoms with van der Waals surface area (Å²) < 4.78 is 5.29. The van der Waals surface area contributed by atoms with Crippen LogP contribution in [0, 0.1) is 0 Å². The van der Waals surface area contributed by atoms with E-state index in [9.17, 15) is 0 Å². The van der Waals surface area contributed by atoms with Gasteiger partial charge in [0, 0.05) is 12.6 Å². The van der Waals surface area contributed by atoms with E-state index in [4.69, 9.17) is 24.5 Å². The van der Waals surface area contributed by atoms with Crippen molar-refractivity contribution in [2.24, 2.45) is 0 Å². The van der Waals surface area contributed by atoms with Crippen LogP contribution in [0.25, 0.3) is 0 Å². The van der Waals surface area contributed by atoms with Gasteiger partial charge in [0.15, 0.2) is 0 Å². The fraction of sp³-hybridized carbons (Fsp3) is 0.714. The van der Waals surface area contributed by atoms with Crippen LogP contribution in [0.4, 0.5) is 0 Å². The molecule has 2 aliphatic rings. The summed E-state index contributed by atoms with van der Waals surface area (Å²) in [5.74, 6) is -3.65. The highest BCUT2D eigenvalue weighted by molar-refractivity contribution is 6.27. The minimum absolute atomic E-state index is 0.560. The summed E-state index contributed by atoms with van der Waals surface area (Å²) in [5, 5.41) is 18.1. The Kier molecular flexibility index (Phi) is 3.21. The Morgan fingerprint density at radius 1 is 1.31 bits per heavy atom. The number of morpholine rings is 1. The molecule has 6 heteroatoms. The van der Waals surface area contributed by atoms with E-state index in [0.717, 1.165) is 13.2 Å². The third-order valence-electron chi connectivity index (χ3n) is 1.90. The zero-order chi connectivity index (χ0) is 9.84. The first-order valence-electron chi connectivity index (χ1n) is 3.91. The summed E-state index contributed by atoms with van der Waals surface area (Å²) in [6, 6.07) is 0.699. The molecule has 2 bridgehead atoms. The molecule has 0 aromatic heterocycles. The highest BCUT2D eigenvalue weighted by atomic mass is 16.5. The average Bonchev–Trinajstić information content (AvgIpc) is 2.67. The van der Waals surface area contributed by atoms with Crippen LogP contribution in [0.2, 0.25) is 0 Å². The summed E-state index contributed by atoms with van der Waals surface area (Å²) >= 11 is 0. The molecule has 0 saturated carbocycles. The standard InChI is InChI=1S/C5H9NO.C2H2O4/c1-4-3-7-5(1)2-6-4;3-1(4)2(5)6/h4-6H,1-3H2;(H,3,4)(H,5,6)/t4-,5-;/m1./s1. The predicted octanol–water partition coefficient (Wildman–Crippen LogP) is -1.10. The van der Waals surface area contributed by atoms with Gasteiger partial charge >= 0.3 is 11.9 Å². The lowest BCUT2D eigenvalue weighted by Crippen LogP contribution is -2.30. The Bertz CT molecular complexity index is 187. The number of rotatable bonds is 0. The van der Waals surface area contributed by atoms with Crippen molar-refractivity contribution in [2.45, 2.75) is 18.6 Å². The summed E-state index contributed by atoms with van der Waals surface area (Å²) in [6.07, 6.45) is 1.81. The quantitative estimate of drug-likeness (QED) is 0.419. The van der Waals surface area contributed by atoms with Crippen molar-refractivity contribution in [1.29, 1.82) is 0 Å². The summed E-state index contributed by atoms with van der Waals surface area (Å²) in [4.78, 5) is 18.2. The average molecular weight is 189 g/mol. The maximum atomic E-state index is 9.10. The minimum atomic E-state index is -1.82. The van der Waals surface area contributed by atoms with Gasteiger partial charge in [-0.05, 0) is 6.42 Å². The molecule has 0 amide bonds. The first kappa shape index (κ1) is 9.94. The summed E-state index contributed by atoms with van der Waals surface area (Å²) in [6.45, 7) is 2.04. The van der Waals surface area contributed by atoms with E-state index < -0.39 is 11.9 Å². The van der Waals surface area contributed by atoms with Gasteiger partial charge in [0.25, 0.3) is 0 Å². The van der Waals surface area contributed by atoms with Crippen molar-refractivity contribution in [3.8, 4) is 0 Å². The van der Waals surface area contributed by atoms with Gasteiger partial charge in [0.05, 0.1) is 12.7 Å². The molecule has 3 N–H and O–H groups in total. The number of carboxylic acid groups (broad SMARTS) is 2. The van der Waals surface area contributed by atoms with Crippen LogP contribution in [0.15, 0.2) is 0 Å². The molecule has 2 heterocycles. The van der Waals surface area contributed by atoms with Crippen LogP contribution >= 0.6 is 0 Å². The van der Waals surface area contributed by atoms with E-state index >= 15 is 0 Å². The molecular formula is C7H11NO5. The van der Waals surface area contributed by atoms with Crippen molar-refractivity contribution >= 4 is 11.9 Å². The van der Waals surface area contributed by atoms with Crippen LogP contribution in [0.5, 0.6) is 0 Å². The number of fused-ring (bicyclic) bond motifs is 2. The zero-order valence-corrected chi connectivity index (χ0v) is 6.90. The lowest BCUT2D eigenvalue weighted by Gasteiger charge is -2.09. The Morgan fingerprint density at radius 2 is 1.92 bits per heavy atom. The van der Waals surface area contributed by atoms with Crippen LogP contribution < -0.4 is 5.32 Å². The molecular weight excluding hydrogens is 178 g/mol. The highest BCUT2D eigenvalue weighted by Crippen LogP contribution is 2.17. The van der Waals surface area contributed by atoms with Gasteiger partial charge in [-0.2, -0.15) is 0 Å². The lowest BCUT2D eigenvalue weighted by atomic mass is 10.3. The van der Waals surface area contributed by atoms with Crippen molar-refractivity contribution in [1.82, 2.24) is 5.32 Å². The first-order chi connectivity index (χ1) is 6.09. The number of aliphatic carboxylic acids is 2. The third-order valence-corrected chi connectivity index (χ3v) is 1.90. The second kappa shape index (κ2) is 4.20. The minimum Gasteiger partial charge on any atom is -0.473 e. The Morgan fingerprint density at radius 3 is 2.00 bits per heavy atom. The molecule has 2 aliphatic heterocycles. The fourth-order valence-electron chi connectivity index (χ4n) is 1.29. The second-order valence-electron chi connectivity index (χ2n) is 2.91. The highest BCUT2D eigenvalue weighted by Gasteiger charge is 2.31. The van der Waals surface area contributed by atoms with E-state index in [0.29, 0.717) is 12.1 Å². The zero-order valence-electron chi connectivity index (χ0n) is 6.90. The van der Waals surface area contributed by atoms with Gasteiger partial charge in [0.1, 0.15) is 0 Å². The number of ether oxygens (including phenoxy) is 1. The van der Waals surface area contributed by atoms with Gasteiger partial charge in [-0.25, -0.2) is 9.59 Å². The topological polar surface area (TPSA) is 95.9 Å². The van der Waals surface area contributed by atoms with Gasteiger partial charge in [-0.1, -0.05) is 0 Å². The molecule has 2 fully saturated rings. The molecule has 2 rings (SSSR count). The number of hydrogen-bond acceptors (Lipinski definition) is 4. The number of hydrogen-bond donors (Lipinski definition) is 3. The molecule has 0 aromatic rings. The first-order valence-corrected chi connectivity index (χ1v) is 3.91. The van der Waals surface area contributed by atoms with Crippen LogP contribution in [0.3, 0.4) is 0 Å². The molecule has 0 aromatic carbocycles. The molecule has 0 spiro atoms. The largest absolute Gasteiger partial charge is 0.473 e. The Labute approximate surface area is 74.5 Å². The van der Waals surface area contributed by atoms with E-state index in [-0.39, 0.29) is 0 Å². The maximum Gasteiger partial charge on any atom is 0.414 e. The molecule has 0 aliphatic carbocycles. The number of carbonyl (C=O) groups is 2. The van der Waals surface area contributed by atoms with Crippen molar-refractivity contribution < 1.29 is 24.5 Å². The maximum absolute atomic E-state index is 9.10. The molecule has 13 heavy (non-hydrogen) atoms. The van der Waals surface area contributed by atoms with Gasteiger partial charge < -0.3 is 20.3 Å². The van der Waals surface area contributed by atoms with E-state index in [2.05, 4.69) is 5.32 Å². The van der Waals surface area contributed by atoms with Crippen molar-refractivity contribution in [3.63, 3.8) is 0 Å². The predicted molar refractivity (Wildman–Crippen MR) is 41.4 cm³/mol. The molecule has 6 nitrogen and oxygen atoms in total. The van der Waals surface area contributed by atoms with Crippen molar-refractivity contribution in [2.75, 3.05) is 13.2 Å². The van der Waals surface area contributed by atoms with Gasteiger partial charge in [-0.3, -0.25) is 0 Å². The van der Waals surface area contributed by atoms with Crippen LogP contribution in [-0.4, -0.2) is 47.4 Å². The summed E-state index contributed by atoms with van der Waals surface area (Å²) in [5.41, 5.74) is 0. The Balaban J connectivity index is 0.000000133. The lowest BCUT2D eigenvalue weighted by molar-refractivity contribution is -0.159. The normalized spacial score (nSPS) is 29.2. The van der Waals surface area contributed by atoms with Gasteiger partial charge in [-0.15, -0.1) is 0 Å². The molecule has 2 atom stereocenters. The van der Waals surface area contributed by atoms with E-state index in [1.54, 1.807) is 0 Å². The van der Waals surface area contributed by atoms with Gasteiger partial charge in [0.2, 0.25) is 0 Å². The van der Waals surface area contributed by atoms with Crippen LogP contribution in [-0.2, 0) is 14.3 Å². The number of nitrogens with one attached hydrogen (secondary N) is 1. The third kappa shape index (κ3) is 3.00. The van der Waals surface area contributed by atoms with E-state index in [1.165, 1.54) is 6.42 Å². The van der Waals surface area contributed by atoms with E-state index in [1.807, 2.05) is 0 Å². The molecule has 2 saturated heterocycles. The van der Waals surface area contributed by atoms with Crippen molar-refractivity contribution in [3.05, 3.63) is 0 Å². The molecule has 74 valence electrons. The smallest absolute Gasteiger partial charge is 0.414 e. The summed E-state index contributed by atoms with van der Waals surface area (Å²) in [7, 11) is 0. The SMILES string of the molecule is C1O[C@H]2CN[C@@H]1C2.O=C(O)C(=O)O. The monoisotopic (exact) mass is 189 g/mol. The number of carboxylic acids is 2. The van der Waals surface area contributed by atoms with Crippen LogP contribution in [0.1, 0.15) is 6.42 Å². The Hall–Kier alpha value is -1.14. The fourth-order valence-corrected chi connectivity index (χ4v) is 1.29. The second-order valence-corrected chi connectivity index (χ2v) is 2.91. The molecule has 0 unspecified atom stereocenters.